The maximum absolute atomic E-state index is 14.8. The second-order valence-electron chi connectivity index (χ2n) is 9.85. The van der Waals surface area contributed by atoms with Gasteiger partial charge in [-0.3, -0.25) is 9.36 Å². The van der Waals surface area contributed by atoms with Crippen LogP contribution in [0, 0.1) is 5.82 Å². The molecule has 37 heavy (non-hydrogen) atoms. The number of hydrogen-bond acceptors (Lipinski definition) is 10. The molecule has 1 saturated heterocycles. The molecular weight excluding hydrogens is 495 g/mol. The number of ketones is 1. The molecule has 208 valence electrons. The van der Waals surface area contributed by atoms with E-state index in [4.69, 9.17) is 9.47 Å². The summed E-state index contributed by atoms with van der Waals surface area (Å²) in [7, 11) is 0. The number of aromatic nitrogens is 2. The zero-order chi connectivity index (χ0) is 27.9. The highest BCUT2D eigenvalue weighted by atomic mass is 19.1. The average molecular weight is 531 g/mol. The molecule has 5 N–H and O–H groups in total. The first kappa shape index (κ1) is 30.3. The molecule has 1 aromatic heterocycles. The Kier molecular flexibility index (Phi) is 10.7. The molecule has 0 bridgehead atoms. The molecular formula is C23H35FN4O9. The van der Waals surface area contributed by atoms with Crippen LogP contribution in [0.4, 0.5) is 15.0 Å². The smallest absolute Gasteiger partial charge is 0.408 e. The quantitative estimate of drug-likeness (QED) is 0.250. The Morgan fingerprint density at radius 1 is 1.22 bits per heavy atom. The molecule has 1 fully saturated rings. The van der Waals surface area contributed by atoms with Crippen LogP contribution in [0.3, 0.4) is 0 Å². The lowest BCUT2D eigenvalue weighted by molar-refractivity contribution is -0.119. The third-order valence-corrected chi connectivity index (χ3v) is 5.47. The molecule has 2 amide bonds. The van der Waals surface area contributed by atoms with E-state index in [1.807, 2.05) is 0 Å². The summed E-state index contributed by atoms with van der Waals surface area (Å²) in [6.07, 6.45) is -3.88. The number of amides is 2. The Hall–Kier alpha value is -2.94. The SMILES string of the molecule is CC(=O)CCCCC[C@@H](NC(=O)OC(C)(C)C)C(=O)Nc1nc(=O)n([C@@H]2O[C@H](CO)[C@H](O)C2O)cc1F. The van der Waals surface area contributed by atoms with Crippen molar-refractivity contribution in [2.75, 3.05) is 11.9 Å². The number of carbonyl (C=O) groups is 3. The summed E-state index contributed by atoms with van der Waals surface area (Å²) in [5, 5.41) is 33.8. The van der Waals surface area contributed by atoms with Crippen LogP contribution in [0.5, 0.6) is 0 Å². The number of ether oxygens (including phenoxy) is 2. The molecule has 1 aliphatic rings. The Bertz CT molecular complexity index is 1030. The highest BCUT2D eigenvalue weighted by Gasteiger charge is 2.44. The van der Waals surface area contributed by atoms with Crippen LogP contribution in [0.2, 0.25) is 0 Å². The molecule has 1 unspecified atom stereocenters. The lowest BCUT2D eigenvalue weighted by Gasteiger charge is -2.23. The average Bonchev–Trinajstić information content (AvgIpc) is 3.07. The zero-order valence-corrected chi connectivity index (χ0v) is 21.3. The molecule has 14 heteroatoms. The zero-order valence-electron chi connectivity index (χ0n) is 21.3. The van der Waals surface area contributed by atoms with E-state index in [9.17, 15) is 38.9 Å². The van der Waals surface area contributed by atoms with Gasteiger partial charge in [-0.2, -0.15) is 4.98 Å². The first-order valence-corrected chi connectivity index (χ1v) is 11.9. The largest absolute Gasteiger partial charge is 0.444 e. The first-order valence-electron chi connectivity index (χ1n) is 11.9. The van der Waals surface area contributed by atoms with Gasteiger partial charge >= 0.3 is 11.8 Å². The van der Waals surface area contributed by atoms with Gasteiger partial charge in [-0.25, -0.2) is 14.0 Å². The number of rotatable bonds is 11. The van der Waals surface area contributed by atoms with Crippen LogP contribution < -0.4 is 16.3 Å². The maximum Gasteiger partial charge on any atom is 0.408 e. The van der Waals surface area contributed by atoms with E-state index in [2.05, 4.69) is 15.6 Å². The van der Waals surface area contributed by atoms with E-state index >= 15 is 0 Å². The van der Waals surface area contributed by atoms with Crippen molar-refractivity contribution < 1.29 is 43.6 Å². The van der Waals surface area contributed by atoms with Crippen LogP contribution in [-0.2, 0) is 19.1 Å². The van der Waals surface area contributed by atoms with Gasteiger partial charge in [0.25, 0.3) is 0 Å². The second kappa shape index (κ2) is 13.0. The number of hydrogen-bond donors (Lipinski definition) is 5. The minimum absolute atomic E-state index is 0.0365. The standard InChI is InChI=1S/C23H35FN4O9/c1-12(30)8-6-5-7-9-14(25-22(35)37-23(2,3)4)19(33)26-18-13(24)10-28(21(34)27-18)20-17(32)16(31)15(11-29)36-20/h10,14-17,20,29,31-32H,5-9,11H2,1-4H3,(H,25,35)(H,26,27,33,34)/t14-,15-,16+,17?,20-/m1/s1. The number of carbonyl (C=O) groups excluding carboxylic acids is 3. The Balaban J connectivity index is 2.16. The van der Waals surface area contributed by atoms with E-state index in [0.717, 1.165) is 0 Å². The summed E-state index contributed by atoms with van der Waals surface area (Å²) in [6, 6.07) is -1.16. The number of aliphatic hydroxyl groups excluding tert-OH is 3. The molecule has 1 aromatic rings. The molecule has 0 saturated carbocycles. The van der Waals surface area contributed by atoms with Gasteiger partial charge in [0.1, 0.15) is 35.7 Å². The summed E-state index contributed by atoms with van der Waals surface area (Å²) in [4.78, 5) is 52.2. The second-order valence-corrected chi connectivity index (χ2v) is 9.85. The van der Waals surface area contributed by atoms with Gasteiger partial charge in [-0.15, -0.1) is 0 Å². The monoisotopic (exact) mass is 530 g/mol. The number of nitrogens with one attached hydrogen (secondary N) is 2. The molecule has 13 nitrogen and oxygen atoms in total. The van der Waals surface area contributed by atoms with Gasteiger partial charge in [0.05, 0.1) is 12.8 Å². The Labute approximate surface area is 213 Å². The first-order chi connectivity index (χ1) is 17.2. The Morgan fingerprint density at radius 2 is 1.89 bits per heavy atom. The van der Waals surface area contributed by atoms with Crippen molar-refractivity contribution in [1.29, 1.82) is 0 Å². The van der Waals surface area contributed by atoms with Gasteiger partial charge in [-0.1, -0.05) is 12.8 Å². The van der Waals surface area contributed by atoms with E-state index < -0.39 is 72.1 Å². The lowest BCUT2D eigenvalue weighted by atomic mass is 10.1. The molecule has 0 spiro atoms. The van der Waals surface area contributed by atoms with Crippen molar-refractivity contribution in [3.63, 3.8) is 0 Å². The molecule has 0 aromatic carbocycles. The number of nitrogens with zero attached hydrogens (tertiary/aromatic N) is 2. The summed E-state index contributed by atoms with van der Waals surface area (Å²) < 4.78 is 25.8. The van der Waals surface area contributed by atoms with E-state index in [-0.39, 0.29) is 12.2 Å². The normalized spacial score (nSPS) is 22.4. The van der Waals surface area contributed by atoms with Crippen LogP contribution >= 0.6 is 0 Å². The maximum atomic E-state index is 14.8. The molecule has 2 heterocycles. The number of unbranched alkanes of at least 4 members (excludes halogenated alkanes) is 2. The predicted molar refractivity (Wildman–Crippen MR) is 127 cm³/mol. The lowest BCUT2D eigenvalue weighted by Crippen LogP contribution is -2.46. The third kappa shape index (κ3) is 8.84. The van der Waals surface area contributed by atoms with Gasteiger partial charge in [-0.05, 0) is 40.5 Å². The van der Waals surface area contributed by atoms with Crippen molar-refractivity contribution in [2.24, 2.45) is 0 Å². The molecule has 0 aliphatic carbocycles. The van der Waals surface area contributed by atoms with Gasteiger partial charge in [0.2, 0.25) is 5.91 Å². The third-order valence-electron chi connectivity index (χ3n) is 5.47. The number of anilines is 1. The minimum Gasteiger partial charge on any atom is -0.444 e. The van der Waals surface area contributed by atoms with E-state index in [1.54, 1.807) is 20.8 Å². The van der Waals surface area contributed by atoms with Crippen LogP contribution in [0.15, 0.2) is 11.0 Å². The molecule has 0 radical (unpaired) electrons. The number of alkyl carbamates (subject to hydrolysis) is 1. The molecule has 5 atom stereocenters. The van der Waals surface area contributed by atoms with Gasteiger partial charge in [0, 0.05) is 6.42 Å². The van der Waals surface area contributed by atoms with Crippen LogP contribution in [0.1, 0.15) is 66.0 Å². The van der Waals surface area contributed by atoms with Crippen molar-refractivity contribution in [3.8, 4) is 0 Å². The van der Waals surface area contributed by atoms with Gasteiger partial charge < -0.3 is 40.2 Å². The fourth-order valence-corrected chi connectivity index (χ4v) is 3.65. The van der Waals surface area contributed by atoms with Crippen LogP contribution in [-0.4, -0.2) is 79.2 Å². The fraction of sp³-hybridized carbons (Fsp3) is 0.696. The highest BCUT2D eigenvalue weighted by molar-refractivity contribution is 5.95. The summed E-state index contributed by atoms with van der Waals surface area (Å²) >= 11 is 0. The molecule has 2 rings (SSSR count). The highest BCUT2D eigenvalue weighted by Crippen LogP contribution is 2.28. The molecule has 1 aliphatic heterocycles. The minimum atomic E-state index is -1.64. The van der Waals surface area contributed by atoms with Crippen molar-refractivity contribution in [3.05, 3.63) is 22.5 Å². The van der Waals surface area contributed by atoms with Crippen molar-refractivity contribution >= 4 is 23.6 Å². The topological polar surface area (TPSA) is 189 Å². The van der Waals surface area contributed by atoms with Crippen molar-refractivity contribution in [2.45, 2.75) is 96.0 Å². The fourth-order valence-electron chi connectivity index (χ4n) is 3.65. The number of Topliss-reactive ketones (excluding diaryl/α,β-unsaturated/α-hetero) is 1. The number of halogens is 1. The predicted octanol–water partition coefficient (Wildman–Crippen LogP) is 0.365. The summed E-state index contributed by atoms with van der Waals surface area (Å²) in [5.41, 5.74) is -1.94. The van der Waals surface area contributed by atoms with E-state index in [1.165, 1.54) is 6.92 Å². The van der Waals surface area contributed by atoms with Crippen LogP contribution in [0.25, 0.3) is 0 Å². The summed E-state index contributed by atoms with van der Waals surface area (Å²) in [6.45, 7) is 5.76. The van der Waals surface area contributed by atoms with Crippen molar-refractivity contribution in [1.82, 2.24) is 14.9 Å². The Morgan fingerprint density at radius 3 is 2.46 bits per heavy atom. The van der Waals surface area contributed by atoms with Gasteiger partial charge in [0.15, 0.2) is 17.9 Å². The summed E-state index contributed by atoms with van der Waals surface area (Å²) in [5.74, 6) is -2.68. The van der Waals surface area contributed by atoms with E-state index in [0.29, 0.717) is 36.4 Å². The number of aliphatic hydroxyl groups is 3.